The number of aromatic nitrogens is 1. The monoisotopic (exact) mass is 414 g/mol. The van der Waals surface area contributed by atoms with Crippen LogP contribution in [0.3, 0.4) is 0 Å². The Kier molecular flexibility index (Phi) is 8.00. The number of methoxy groups -OCH3 is 1. The summed E-state index contributed by atoms with van der Waals surface area (Å²) in [6, 6.07) is 12.4. The van der Waals surface area contributed by atoms with Crippen LogP contribution >= 0.6 is 11.6 Å². The minimum atomic E-state index is -0.157. The third kappa shape index (κ3) is 4.86. The molecule has 0 N–H and O–H groups in total. The first kappa shape index (κ1) is 22.7. The van der Waals surface area contributed by atoms with Crippen LogP contribution in [0.4, 0.5) is 0 Å². The van der Waals surface area contributed by atoms with E-state index >= 15 is 0 Å². The van der Waals surface area contributed by atoms with E-state index in [9.17, 15) is 9.59 Å². The molecule has 0 atom stereocenters. The molecule has 0 aliphatic carbocycles. The molecule has 2 aromatic carbocycles. The molecule has 0 bridgehead atoms. The molecule has 5 nitrogen and oxygen atoms in total. The predicted octanol–water partition coefficient (Wildman–Crippen LogP) is 4.82. The standard InChI is InChI=1S/C21H21ClN2O3.C2H6/c1-23(2)13-20-17(10-11-25)18-12-16(27-3)8-9-19(18)24(20)21(26)14-4-6-15(22)7-5-14;1-2/h4-9,11-12H,10,13H2,1-3H3;1-2H3. The Balaban J connectivity index is 0.00000145. The van der Waals surface area contributed by atoms with Crippen LogP contribution in [-0.4, -0.2) is 42.9 Å². The summed E-state index contributed by atoms with van der Waals surface area (Å²) in [7, 11) is 5.46. The van der Waals surface area contributed by atoms with E-state index in [0.29, 0.717) is 22.9 Å². The highest BCUT2D eigenvalue weighted by Gasteiger charge is 2.23. The normalized spacial score (nSPS) is 10.6. The lowest BCUT2D eigenvalue weighted by atomic mass is 10.1. The van der Waals surface area contributed by atoms with Gasteiger partial charge in [0.25, 0.3) is 5.91 Å². The van der Waals surface area contributed by atoms with Gasteiger partial charge in [-0.3, -0.25) is 9.36 Å². The van der Waals surface area contributed by atoms with Crippen molar-refractivity contribution < 1.29 is 14.3 Å². The summed E-state index contributed by atoms with van der Waals surface area (Å²) in [5.41, 5.74) is 2.93. The lowest BCUT2D eigenvalue weighted by molar-refractivity contribution is -0.107. The van der Waals surface area contributed by atoms with E-state index in [0.717, 1.165) is 28.4 Å². The van der Waals surface area contributed by atoms with Gasteiger partial charge in [0.15, 0.2) is 0 Å². The number of carbonyl (C=O) groups is 2. The highest BCUT2D eigenvalue weighted by Crippen LogP contribution is 2.31. The number of fused-ring (bicyclic) bond motifs is 1. The topological polar surface area (TPSA) is 51.5 Å². The van der Waals surface area contributed by atoms with Crippen LogP contribution in [-0.2, 0) is 17.8 Å². The SMILES string of the molecule is CC.COc1ccc2c(c1)c(CC=O)c(CN(C)C)n2C(=O)c1ccc(Cl)cc1. The number of hydrogen-bond donors (Lipinski definition) is 0. The van der Waals surface area contributed by atoms with E-state index in [2.05, 4.69) is 0 Å². The third-order valence-electron chi connectivity index (χ3n) is 4.44. The molecule has 1 heterocycles. The average Bonchev–Trinajstić information content (AvgIpc) is 3.01. The quantitative estimate of drug-likeness (QED) is 0.542. The maximum atomic E-state index is 13.3. The molecule has 6 heteroatoms. The molecular formula is C23H27ClN2O3. The van der Waals surface area contributed by atoms with E-state index in [1.54, 1.807) is 35.9 Å². The number of carbonyl (C=O) groups excluding carboxylic acids is 2. The molecule has 3 rings (SSSR count). The maximum Gasteiger partial charge on any atom is 0.262 e. The Labute approximate surface area is 176 Å². The van der Waals surface area contributed by atoms with E-state index in [1.165, 1.54) is 0 Å². The minimum Gasteiger partial charge on any atom is -0.497 e. The van der Waals surface area contributed by atoms with Gasteiger partial charge >= 0.3 is 0 Å². The number of aldehydes is 1. The molecule has 0 fully saturated rings. The Bertz CT molecular complexity index is 992. The highest BCUT2D eigenvalue weighted by molar-refractivity contribution is 6.30. The van der Waals surface area contributed by atoms with Gasteiger partial charge in [0, 0.05) is 34.6 Å². The number of hydrogen-bond acceptors (Lipinski definition) is 4. The van der Waals surface area contributed by atoms with Crippen molar-refractivity contribution in [1.82, 2.24) is 9.47 Å². The maximum absolute atomic E-state index is 13.3. The first-order valence-electron chi connectivity index (χ1n) is 9.55. The molecule has 1 aromatic heterocycles. The van der Waals surface area contributed by atoms with Gasteiger partial charge in [0.05, 0.1) is 12.6 Å². The van der Waals surface area contributed by atoms with E-state index < -0.39 is 0 Å². The molecule has 0 amide bonds. The summed E-state index contributed by atoms with van der Waals surface area (Å²) < 4.78 is 7.03. The Morgan fingerprint density at radius 1 is 1.14 bits per heavy atom. The zero-order valence-electron chi connectivity index (χ0n) is 17.5. The molecule has 0 aliphatic heterocycles. The summed E-state index contributed by atoms with van der Waals surface area (Å²) in [6.45, 7) is 4.53. The largest absolute Gasteiger partial charge is 0.497 e. The average molecular weight is 415 g/mol. The van der Waals surface area contributed by atoms with Crippen molar-refractivity contribution in [2.24, 2.45) is 0 Å². The second-order valence-corrected chi connectivity index (χ2v) is 7.00. The highest BCUT2D eigenvalue weighted by atomic mass is 35.5. The van der Waals surface area contributed by atoms with Crippen LogP contribution in [0.2, 0.25) is 5.02 Å². The summed E-state index contributed by atoms with van der Waals surface area (Å²) in [5, 5.41) is 1.42. The van der Waals surface area contributed by atoms with Gasteiger partial charge in [-0.1, -0.05) is 25.4 Å². The fourth-order valence-corrected chi connectivity index (χ4v) is 3.37. The molecule has 3 aromatic rings. The van der Waals surface area contributed by atoms with E-state index in [1.807, 2.05) is 51.0 Å². The van der Waals surface area contributed by atoms with Gasteiger partial charge in [-0.25, -0.2) is 0 Å². The van der Waals surface area contributed by atoms with Crippen molar-refractivity contribution in [3.05, 3.63) is 64.3 Å². The first-order chi connectivity index (χ1) is 14.0. The molecule has 0 radical (unpaired) electrons. The van der Waals surface area contributed by atoms with Crippen molar-refractivity contribution in [3.63, 3.8) is 0 Å². The summed E-state index contributed by atoms with van der Waals surface area (Å²) in [4.78, 5) is 26.6. The summed E-state index contributed by atoms with van der Waals surface area (Å²) in [6.07, 6.45) is 1.10. The Hall–Kier alpha value is -2.63. The molecule has 154 valence electrons. The van der Waals surface area contributed by atoms with Crippen molar-refractivity contribution in [3.8, 4) is 5.75 Å². The molecular weight excluding hydrogens is 388 g/mol. The Morgan fingerprint density at radius 3 is 2.34 bits per heavy atom. The number of benzene rings is 2. The zero-order valence-corrected chi connectivity index (χ0v) is 18.3. The molecule has 0 spiro atoms. The van der Waals surface area contributed by atoms with Crippen LogP contribution in [0.1, 0.15) is 35.5 Å². The third-order valence-corrected chi connectivity index (χ3v) is 4.69. The van der Waals surface area contributed by atoms with Crippen molar-refractivity contribution in [2.45, 2.75) is 26.8 Å². The molecule has 29 heavy (non-hydrogen) atoms. The minimum absolute atomic E-state index is 0.157. The summed E-state index contributed by atoms with van der Waals surface area (Å²) >= 11 is 5.96. The van der Waals surface area contributed by atoms with Gasteiger partial charge in [-0.15, -0.1) is 0 Å². The zero-order chi connectivity index (χ0) is 21.6. The van der Waals surface area contributed by atoms with E-state index in [-0.39, 0.29) is 12.3 Å². The number of halogens is 1. The van der Waals surface area contributed by atoms with Gasteiger partial charge < -0.3 is 14.4 Å². The first-order valence-corrected chi connectivity index (χ1v) is 9.93. The van der Waals surface area contributed by atoms with Crippen LogP contribution in [0.25, 0.3) is 10.9 Å². The van der Waals surface area contributed by atoms with Crippen LogP contribution in [0.5, 0.6) is 5.75 Å². The number of rotatable bonds is 6. The van der Waals surface area contributed by atoms with Gasteiger partial charge in [0.2, 0.25) is 0 Å². The van der Waals surface area contributed by atoms with Crippen molar-refractivity contribution in [1.29, 1.82) is 0 Å². The molecule has 0 saturated heterocycles. The second kappa shape index (κ2) is 10.2. The summed E-state index contributed by atoms with van der Waals surface area (Å²) in [5.74, 6) is 0.526. The predicted molar refractivity (Wildman–Crippen MR) is 118 cm³/mol. The van der Waals surface area contributed by atoms with Gasteiger partial charge in [-0.05, 0) is 62.1 Å². The number of nitrogens with zero attached hydrogens (tertiary/aromatic N) is 2. The fraction of sp³-hybridized carbons (Fsp3) is 0.304. The van der Waals surface area contributed by atoms with Gasteiger partial charge in [-0.2, -0.15) is 0 Å². The van der Waals surface area contributed by atoms with Gasteiger partial charge in [0.1, 0.15) is 12.0 Å². The smallest absolute Gasteiger partial charge is 0.262 e. The lowest BCUT2D eigenvalue weighted by Crippen LogP contribution is -2.21. The van der Waals surface area contributed by atoms with Crippen LogP contribution in [0, 0.1) is 0 Å². The molecule has 0 aliphatic rings. The van der Waals surface area contributed by atoms with Crippen LogP contribution < -0.4 is 4.74 Å². The van der Waals surface area contributed by atoms with Crippen LogP contribution in [0.15, 0.2) is 42.5 Å². The van der Waals surface area contributed by atoms with Crippen molar-refractivity contribution >= 4 is 34.7 Å². The molecule has 0 saturated carbocycles. The fourth-order valence-electron chi connectivity index (χ4n) is 3.24. The molecule has 0 unspecified atom stereocenters. The van der Waals surface area contributed by atoms with E-state index in [4.69, 9.17) is 16.3 Å². The second-order valence-electron chi connectivity index (χ2n) is 6.56. The Morgan fingerprint density at radius 2 is 1.79 bits per heavy atom. The number of ether oxygens (including phenoxy) is 1. The van der Waals surface area contributed by atoms with Crippen molar-refractivity contribution in [2.75, 3.05) is 21.2 Å². The lowest BCUT2D eigenvalue weighted by Gasteiger charge is -2.15.